The van der Waals surface area contributed by atoms with Crippen LogP contribution in [0.1, 0.15) is 27.2 Å². The lowest BCUT2D eigenvalue weighted by Gasteiger charge is -2.06. The molecule has 1 heterocycles. The van der Waals surface area contributed by atoms with Crippen molar-refractivity contribution in [2.45, 2.75) is 39.4 Å². The molecule has 2 heteroatoms. The smallest absolute Gasteiger partial charge is 0.121 e. The predicted molar refractivity (Wildman–Crippen MR) is 41.5 cm³/mol. The SMILES string of the molecule is CCC(C)C(=N)C1OC1C. The molecule has 1 aliphatic rings. The van der Waals surface area contributed by atoms with Crippen LogP contribution in [0.2, 0.25) is 0 Å². The number of ether oxygens (including phenoxy) is 1. The van der Waals surface area contributed by atoms with Gasteiger partial charge >= 0.3 is 0 Å². The van der Waals surface area contributed by atoms with Crippen LogP contribution in [0.25, 0.3) is 0 Å². The van der Waals surface area contributed by atoms with Crippen LogP contribution in [0.4, 0.5) is 0 Å². The summed E-state index contributed by atoms with van der Waals surface area (Å²) in [5.41, 5.74) is 0.773. The first-order valence-corrected chi connectivity index (χ1v) is 3.90. The van der Waals surface area contributed by atoms with Gasteiger partial charge in [0.1, 0.15) is 6.10 Å². The van der Waals surface area contributed by atoms with Gasteiger partial charge in [-0.15, -0.1) is 0 Å². The van der Waals surface area contributed by atoms with Crippen LogP contribution in [-0.2, 0) is 4.74 Å². The Morgan fingerprint density at radius 3 is 2.50 bits per heavy atom. The van der Waals surface area contributed by atoms with Crippen LogP contribution < -0.4 is 0 Å². The van der Waals surface area contributed by atoms with E-state index in [0.29, 0.717) is 12.0 Å². The molecule has 1 N–H and O–H groups in total. The first-order chi connectivity index (χ1) is 4.66. The van der Waals surface area contributed by atoms with E-state index in [1.165, 1.54) is 0 Å². The average Bonchev–Trinajstić information content (AvgIpc) is 2.63. The van der Waals surface area contributed by atoms with Gasteiger partial charge in [-0.3, -0.25) is 0 Å². The molecule has 0 aliphatic carbocycles. The minimum atomic E-state index is 0.148. The molecule has 0 aromatic rings. The number of epoxide rings is 1. The van der Waals surface area contributed by atoms with Gasteiger partial charge in [0, 0.05) is 5.71 Å². The predicted octanol–water partition coefficient (Wildman–Crippen LogP) is 1.84. The van der Waals surface area contributed by atoms with Crippen molar-refractivity contribution in [2.24, 2.45) is 5.92 Å². The van der Waals surface area contributed by atoms with Crippen LogP contribution in [0.15, 0.2) is 0 Å². The van der Waals surface area contributed by atoms with E-state index in [2.05, 4.69) is 13.8 Å². The molecule has 10 heavy (non-hydrogen) atoms. The number of hydrogen-bond donors (Lipinski definition) is 1. The van der Waals surface area contributed by atoms with Crippen molar-refractivity contribution >= 4 is 5.71 Å². The Hall–Kier alpha value is -0.370. The molecule has 58 valence electrons. The van der Waals surface area contributed by atoms with E-state index < -0.39 is 0 Å². The molecule has 1 saturated heterocycles. The molecule has 3 unspecified atom stereocenters. The maximum atomic E-state index is 7.62. The highest BCUT2D eigenvalue weighted by molar-refractivity contribution is 5.90. The largest absolute Gasteiger partial charge is 0.364 e. The van der Waals surface area contributed by atoms with Crippen molar-refractivity contribution in [1.29, 1.82) is 5.41 Å². The molecule has 1 rings (SSSR count). The zero-order valence-electron chi connectivity index (χ0n) is 6.85. The zero-order valence-corrected chi connectivity index (χ0v) is 6.85. The fourth-order valence-corrected chi connectivity index (χ4v) is 1.01. The third kappa shape index (κ3) is 1.37. The van der Waals surface area contributed by atoms with E-state index in [0.717, 1.165) is 12.1 Å². The summed E-state index contributed by atoms with van der Waals surface area (Å²) in [6.07, 6.45) is 1.50. The van der Waals surface area contributed by atoms with Gasteiger partial charge in [-0.1, -0.05) is 13.8 Å². The van der Waals surface area contributed by atoms with Gasteiger partial charge in [0.2, 0.25) is 0 Å². The molecule has 3 atom stereocenters. The van der Waals surface area contributed by atoms with Gasteiger partial charge in [-0.25, -0.2) is 0 Å². The first-order valence-electron chi connectivity index (χ1n) is 3.90. The third-order valence-corrected chi connectivity index (χ3v) is 2.16. The normalized spacial score (nSPS) is 33.5. The molecule has 0 bridgehead atoms. The Balaban J connectivity index is 2.35. The molecular weight excluding hydrogens is 126 g/mol. The topological polar surface area (TPSA) is 36.4 Å². The van der Waals surface area contributed by atoms with E-state index in [9.17, 15) is 0 Å². The molecule has 0 aromatic carbocycles. The summed E-state index contributed by atoms with van der Waals surface area (Å²) in [4.78, 5) is 0. The van der Waals surface area contributed by atoms with E-state index in [4.69, 9.17) is 10.1 Å². The summed E-state index contributed by atoms with van der Waals surface area (Å²) in [7, 11) is 0. The van der Waals surface area contributed by atoms with E-state index in [1.54, 1.807) is 0 Å². The number of nitrogens with one attached hydrogen (secondary N) is 1. The molecule has 0 amide bonds. The second-order valence-corrected chi connectivity index (χ2v) is 3.03. The molecule has 1 aliphatic heterocycles. The van der Waals surface area contributed by atoms with Gasteiger partial charge < -0.3 is 10.1 Å². The van der Waals surface area contributed by atoms with Gasteiger partial charge in [-0.05, 0) is 19.3 Å². The van der Waals surface area contributed by atoms with Crippen LogP contribution >= 0.6 is 0 Å². The van der Waals surface area contributed by atoms with Gasteiger partial charge in [0.15, 0.2) is 0 Å². The highest BCUT2D eigenvalue weighted by Crippen LogP contribution is 2.25. The van der Waals surface area contributed by atoms with Gasteiger partial charge in [0.25, 0.3) is 0 Å². The highest BCUT2D eigenvalue weighted by atomic mass is 16.6. The lowest BCUT2D eigenvalue weighted by atomic mass is 9.99. The Bertz CT molecular complexity index is 138. The van der Waals surface area contributed by atoms with Crippen molar-refractivity contribution in [3.8, 4) is 0 Å². The third-order valence-electron chi connectivity index (χ3n) is 2.16. The minimum absolute atomic E-state index is 0.148. The van der Waals surface area contributed by atoms with Gasteiger partial charge in [-0.2, -0.15) is 0 Å². The standard InChI is InChI=1S/C8H15NO/c1-4-5(2)7(9)8-6(3)10-8/h5-6,8-9H,4H2,1-3H3. The molecular formula is C8H15NO. The first kappa shape index (κ1) is 7.73. The number of rotatable bonds is 3. The van der Waals surface area contributed by atoms with Crippen molar-refractivity contribution in [2.75, 3.05) is 0 Å². The Morgan fingerprint density at radius 1 is 1.70 bits per heavy atom. The fraction of sp³-hybridized carbons (Fsp3) is 0.875. The lowest BCUT2D eigenvalue weighted by molar-refractivity contribution is 0.402. The highest BCUT2D eigenvalue weighted by Gasteiger charge is 2.39. The molecule has 1 fully saturated rings. The summed E-state index contributed by atoms with van der Waals surface area (Å²) < 4.78 is 5.18. The Morgan fingerprint density at radius 2 is 2.20 bits per heavy atom. The quantitative estimate of drug-likeness (QED) is 0.472. The second kappa shape index (κ2) is 2.70. The van der Waals surface area contributed by atoms with Crippen LogP contribution in [0.5, 0.6) is 0 Å². The molecule has 0 radical (unpaired) electrons. The van der Waals surface area contributed by atoms with Gasteiger partial charge in [0.05, 0.1) is 6.10 Å². The van der Waals surface area contributed by atoms with Crippen molar-refractivity contribution in [3.63, 3.8) is 0 Å². The molecule has 2 nitrogen and oxygen atoms in total. The van der Waals surface area contributed by atoms with Crippen molar-refractivity contribution in [3.05, 3.63) is 0 Å². The summed E-state index contributed by atoms with van der Waals surface area (Å²) in [6.45, 7) is 6.20. The minimum Gasteiger partial charge on any atom is -0.364 e. The van der Waals surface area contributed by atoms with Crippen LogP contribution in [0, 0.1) is 11.3 Å². The van der Waals surface area contributed by atoms with Crippen LogP contribution in [0.3, 0.4) is 0 Å². The number of hydrogen-bond acceptors (Lipinski definition) is 2. The summed E-state index contributed by atoms with van der Waals surface area (Å²) >= 11 is 0. The Kier molecular flexibility index (Phi) is 2.09. The summed E-state index contributed by atoms with van der Waals surface area (Å²) in [6, 6.07) is 0. The maximum Gasteiger partial charge on any atom is 0.121 e. The monoisotopic (exact) mass is 141 g/mol. The van der Waals surface area contributed by atoms with E-state index in [1.807, 2.05) is 6.92 Å². The zero-order chi connectivity index (χ0) is 7.72. The lowest BCUT2D eigenvalue weighted by Crippen LogP contribution is -2.16. The molecule has 0 saturated carbocycles. The second-order valence-electron chi connectivity index (χ2n) is 3.03. The van der Waals surface area contributed by atoms with Crippen LogP contribution in [-0.4, -0.2) is 17.9 Å². The van der Waals surface area contributed by atoms with E-state index >= 15 is 0 Å². The average molecular weight is 141 g/mol. The Labute approximate surface area is 62.1 Å². The maximum absolute atomic E-state index is 7.62. The molecule has 0 aromatic heterocycles. The fourth-order valence-electron chi connectivity index (χ4n) is 1.01. The van der Waals surface area contributed by atoms with Crippen molar-refractivity contribution < 1.29 is 4.74 Å². The molecule has 0 spiro atoms. The van der Waals surface area contributed by atoms with E-state index in [-0.39, 0.29) is 6.10 Å². The summed E-state index contributed by atoms with van der Waals surface area (Å²) in [5.74, 6) is 0.398. The summed E-state index contributed by atoms with van der Waals surface area (Å²) in [5, 5.41) is 7.62. The van der Waals surface area contributed by atoms with Crippen molar-refractivity contribution in [1.82, 2.24) is 0 Å².